The number of methoxy groups -OCH3 is 2. The predicted molar refractivity (Wildman–Crippen MR) is 139 cm³/mol. The lowest BCUT2D eigenvalue weighted by atomic mass is 9.95. The molecule has 1 aliphatic heterocycles. The van der Waals surface area contributed by atoms with Gasteiger partial charge in [-0.2, -0.15) is 0 Å². The number of ether oxygens (including phenoxy) is 4. The molecule has 0 spiro atoms. The van der Waals surface area contributed by atoms with Gasteiger partial charge >= 0.3 is 5.97 Å². The molecule has 1 heterocycles. The van der Waals surface area contributed by atoms with Crippen LogP contribution >= 0.6 is 0 Å². The molecule has 1 saturated heterocycles. The number of esters is 1. The van der Waals surface area contributed by atoms with Crippen LogP contribution in [0.4, 0.5) is 0 Å². The van der Waals surface area contributed by atoms with E-state index in [9.17, 15) is 14.4 Å². The lowest BCUT2D eigenvalue weighted by Crippen LogP contribution is -2.66. The van der Waals surface area contributed by atoms with E-state index < -0.39 is 36.6 Å². The molecule has 2 amide bonds. The lowest BCUT2D eigenvalue weighted by molar-refractivity contribution is -0.257. The van der Waals surface area contributed by atoms with E-state index >= 15 is 0 Å². The molecule has 0 aromatic heterocycles. The summed E-state index contributed by atoms with van der Waals surface area (Å²) in [5.74, 6) is -1.28. The van der Waals surface area contributed by atoms with E-state index in [-0.39, 0.29) is 18.4 Å². The Labute approximate surface area is 221 Å². The van der Waals surface area contributed by atoms with E-state index in [0.717, 1.165) is 0 Å². The molecule has 9 nitrogen and oxygen atoms in total. The van der Waals surface area contributed by atoms with Crippen LogP contribution in [0.3, 0.4) is 0 Å². The summed E-state index contributed by atoms with van der Waals surface area (Å²) in [7, 11) is 2.89. The zero-order valence-corrected chi connectivity index (χ0v) is 21.1. The first-order valence-corrected chi connectivity index (χ1v) is 12.2. The van der Waals surface area contributed by atoms with Crippen LogP contribution < -0.4 is 10.6 Å². The summed E-state index contributed by atoms with van der Waals surface area (Å²) in [4.78, 5) is 38.8. The Hall–Kier alpha value is -4.05. The van der Waals surface area contributed by atoms with Gasteiger partial charge in [-0.15, -0.1) is 0 Å². The van der Waals surface area contributed by atoms with Gasteiger partial charge in [-0.3, -0.25) is 9.59 Å². The number of carbonyl (C=O) groups is 3. The SMILES string of the molecule is CO[C@@H]1O[C@H](CNC(=O)c2ccccc2)[C@H](OC(=O)c2ccccc2)[C@H](OC)[C@@H]1NC(=O)c1ccccc1. The van der Waals surface area contributed by atoms with Crippen molar-refractivity contribution in [1.82, 2.24) is 10.6 Å². The van der Waals surface area contributed by atoms with Crippen LogP contribution in [0.5, 0.6) is 0 Å². The van der Waals surface area contributed by atoms with Crippen LogP contribution in [0.25, 0.3) is 0 Å². The summed E-state index contributed by atoms with van der Waals surface area (Å²) in [6, 6.07) is 25.1. The highest BCUT2D eigenvalue weighted by molar-refractivity contribution is 5.95. The normalized spacial score (nSPS) is 22.7. The fourth-order valence-corrected chi connectivity index (χ4v) is 4.32. The molecule has 9 heteroatoms. The van der Waals surface area contributed by atoms with Crippen molar-refractivity contribution in [2.75, 3.05) is 20.8 Å². The second-order valence-electron chi connectivity index (χ2n) is 8.66. The number of nitrogens with one attached hydrogen (secondary N) is 2. The minimum atomic E-state index is -0.990. The number of hydrogen-bond acceptors (Lipinski definition) is 7. The van der Waals surface area contributed by atoms with Crippen molar-refractivity contribution in [3.8, 4) is 0 Å². The van der Waals surface area contributed by atoms with Crippen molar-refractivity contribution >= 4 is 17.8 Å². The van der Waals surface area contributed by atoms with E-state index in [2.05, 4.69) is 10.6 Å². The van der Waals surface area contributed by atoms with Crippen LogP contribution in [0.15, 0.2) is 91.0 Å². The fraction of sp³-hybridized carbons (Fsp3) is 0.276. The number of rotatable bonds is 9. The molecular formula is C29H30N2O7. The Morgan fingerprint density at radius 1 is 0.711 bits per heavy atom. The first-order valence-electron chi connectivity index (χ1n) is 12.2. The molecule has 0 bridgehead atoms. The average molecular weight is 519 g/mol. The third kappa shape index (κ3) is 6.44. The van der Waals surface area contributed by atoms with Crippen LogP contribution in [0.1, 0.15) is 31.1 Å². The second-order valence-corrected chi connectivity index (χ2v) is 8.66. The van der Waals surface area contributed by atoms with Crippen LogP contribution in [-0.4, -0.2) is 69.2 Å². The van der Waals surface area contributed by atoms with Gasteiger partial charge in [0.2, 0.25) is 0 Å². The summed E-state index contributed by atoms with van der Waals surface area (Å²) in [6.07, 6.45) is -3.63. The highest BCUT2D eigenvalue weighted by atomic mass is 16.7. The molecule has 4 rings (SSSR count). The Kier molecular flexibility index (Phi) is 9.21. The summed E-state index contributed by atoms with van der Waals surface area (Å²) >= 11 is 0. The van der Waals surface area contributed by atoms with E-state index in [1.807, 2.05) is 12.1 Å². The molecule has 0 radical (unpaired) electrons. The minimum Gasteiger partial charge on any atom is -0.453 e. The fourth-order valence-electron chi connectivity index (χ4n) is 4.32. The second kappa shape index (κ2) is 13.0. The van der Waals surface area contributed by atoms with E-state index in [1.54, 1.807) is 78.9 Å². The van der Waals surface area contributed by atoms with Crippen LogP contribution in [-0.2, 0) is 18.9 Å². The summed E-state index contributed by atoms with van der Waals surface area (Å²) in [5.41, 5.74) is 1.25. The third-order valence-electron chi connectivity index (χ3n) is 6.24. The standard InChI is InChI=1S/C29H30N2O7/c1-35-25-23(31-27(33)20-14-8-4-9-15-20)29(36-2)37-22(18-30-26(32)19-12-6-3-7-13-19)24(25)38-28(34)21-16-10-5-11-17-21/h3-17,22-25,29H,18H2,1-2H3,(H,30,32)(H,31,33)/t22-,23+,24+,25-,29-/m1/s1. The van der Waals surface area contributed by atoms with Gasteiger partial charge in [-0.05, 0) is 36.4 Å². The van der Waals surface area contributed by atoms with Gasteiger partial charge in [0, 0.05) is 31.9 Å². The summed E-state index contributed by atoms with van der Waals surface area (Å²) < 4.78 is 23.4. The molecule has 1 aliphatic rings. The predicted octanol–water partition coefficient (Wildman–Crippen LogP) is 2.83. The maximum atomic E-state index is 13.0. The van der Waals surface area contributed by atoms with E-state index in [0.29, 0.717) is 16.7 Å². The Bertz CT molecular complexity index is 1210. The first kappa shape index (κ1) is 27.0. The highest BCUT2D eigenvalue weighted by Gasteiger charge is 2.49. The largest absolute Gasteiger partial charge is 0.453 e. The zero-order valence-electron chi connectivity index (χ0n) is 21.1. The van der Waals surface area contributed by atoms with Crippen molar-refractivity contribution in [2.45, 2.75) is 30.6 Å². The Morgan fingerprint density at radius 3 is 1.76 bits per heavy atom. The Balaban J connectivity index is 1.58. The Morgan fingerprint density at radius 2 is 1.24 bits per heavy atom. The highest BCUT2D eigenvalue weighted by Crippen LogP contribution is 2.27. The van der Waals surface area contributed by atoms with Gasteiger partial charge in [0.05, 0.1) is 5.56 Å². The zero-order chi connectivity index (χ0) is 26.9. The molecule has 1 fully saturated rings. The quantitative estimate of drug-likeness (QED) is 0.419. The van der Waals surface area contributed by atoms with Gasteiger partial charge in [0.25, 0.3) is 11.8 Å². The lowest BCUT2D eigenvalue weighted by Gasteiger charge is -2.45. The average Bonchev–Trinajstić information content (AvgIpc) is 2.97. The summed E-state index contributed by atoms with van der Waals surface area (Å²) in [5, 5.41) is 5.73. The molecule has 0 aliphatic carbocycles. The molecule has 5 atom stereocenters. The monoisotopic (exact) mass is 518 g/mol. The molecule has 38 heavy (non-hydrogen) atoms. The number of carbonyl (C=O) groups excluding carboxylic acids is 3. The van der Waals surface area contributed by atoms with Gasteiger partial charge in [0.1, 0.15) is 18.2 Å². The van der Waals surface area contributed by atoms with Crippen molar-refractivity contribution < 1.29 is 33.3 Å². The summed E-state index contributed by atoms with van der Waals surface area (Å²) in [6.45, 7) is -0.000461. The number of hydrogen-bond donors (Lipinski definition) is 2. The van der Waals surface area contributed by atoms with Crippen LogP contribution in [0.2, 0.25) is 0 Å². The topological polar surface area (TPSA) is 112 Å². The maximum absolute atomic E-state index is 13.0. The molecule has 198 valence electrons. The van der Waals surface area contributed by atoms with Crippen molar-refractivity contribution in [3.05, 3.63) is 108 Å². The van der Waals surface area contributed by atoms with Gasteiger partial charge < -0.3 is 29.6 Å². The smallest absolute Gasteiger partial charge is 0.338 e. The molecular weight excluding hydrogens is 488 g/mol. The number of benzene rings is 3. The van der Waals surface area contributed by atoms with Crippen molar-refractivity contribution in [2.24, 2.45) is 0 Å². The molecule has 0 saturated carbocycles. The third-order valence-corrected chi connectivity index (χ3v) is 6.24. The molecule has 3 aromatic carbocycles. The van der Waals surface area contributed by atoms with Gasteiger partial charge in [-0.25, -0.2) is 4.79 Å². The van der Waals surface area contributed by atoms with Crippen molar-refractivity contribution in [1.29, 1.82) is 0 Å². The minimum absolute atomic E-state index is 0.000461. The van der Waals surface area contributed by atoms with Crippen LogP contribution in [0, 0.1) is 0 Å². The molecule has 2 N–H and O–H groups in total. The molecule has 0 unspecified atom stereocenters. The number of amides is 2. The van der Waals surface area contributed by atoms with Gasteiger partial charge in [0.15, 0.2) is 12.4 Å². The first-order chi connectivity index (χ1) is 18.5. The van der Waals surface area contributed by atoms with Gasteiger partial charge in [-0.1, -0.05) is 54.6 Å². The molecule has 3 aromatic rings. The van der Waals surface area contributed by atoms with Crippen molar-refractivity contribution in [3.63, 3.8) is 0 Å². The van der Waals surface area contributed by atoms with E-state index in [1.165, 1.54) is 14.2 Å². The maximum Gasteiger partial charge on any atom is 0.338 e. The van der Waals surface area contributed by atoms with E-state index in [4.69, 9.17) is 18.9 Å².